The van der Waals surface area contributed by atoms with Crippen LogP contribution >= 0.6 is 34.5 Å². The third-order valence-electron chi connectivity index (χ3n) is 5.17. The van der Waals surface area contributed by atoms with Gasteiger partial charge in [-0.05, 0) is 30.2 Å². The average Bonchev–Trinajstić information content (AvgIpc) is 3.08. The Labute approximate surface area is 175 Å². The Morgan fingerprint density at radius 1 is 1.25 bits per heavy atom. The maximum absolute atomic E-state index is 14.1. The van der Waals surface area contributed by atoms with Crippen LogP contribution in [0.2, 0.25) is 10.0 Å². The van der Waals surface area contributed by atoms with Gasteiger partial charge in [-0.2, -0.15) is 0 Å². The lowest BCUT2D eigenvalue weighted by molar-refractivity contribution is -0.146. The molecule has 4 nitrogen and oxygen atoms in total. The van der Waals surface area contributed by atoms with Crippen molar-refractivity contribution in [2.24, 2.45) is 0 Å². The second-order valence-corrected chi connectivity index (χ2v) is 8.75. The molecule has 1 saturated heterocycles. The van der Waals surface area contributed by atoms with E-state index in [1.165, 1.54) is 20.8 Å². The Balaban J connectivity index is 1.66. The summed E-state index contributed by atoms with van der Waals surface area (Å²) >= 11 is 13.6. The number of carbonyl (C=O) groups excluding carboxylic acids is 1. The average molecular weight is 439 g/mol. The smallest absolute Gasteiger partial charge is 0.260 e. The van der Waals surface area contributed by atoms with E-state index in [0.717, 1.165) is 15.8 Å². The number of carbonyl (C=O) groups is 1. The number of rotatable bonds is 4. The van der Waals surface area contributed by atoms with Gasteiger partial charge in [0.2, 0.25) is 5.91 Å². The van der Waals surface area contributed by atoms with E-state index in [4.69, 9.17) is 23.2 Å². The summed E-state index contributed by atoms with van der Waals surface area (Å²) < 4.78 is 16.3. The first-order valence-electron chi connectivity index (χ1n) is 8.84. The van der Waals surface area contributed by atoms with Gasteiger partial charge in [0.1, 0.15) is 12.2 Å². The van der Waals surface area contributed by atoms with Gasteiger partial charge in [0.05, 0.1) is 28.5 Å². The molecule has 28 heavy (non-hydrogen) atoms. The number of halogens is 3. The predicted molar refractivity (Wildman–Crippen MR) is 112 cm³/mol. The van der Waals surface area contributed by atoms with Crippen molar-refractivity contribution in [2.45, 2.75) is 25.6 Å². The molecule has 0 saturated carbocycles. The third-order valence-corrected chi connectivity index (χ3v) is 6.86. The summed E-state index contributed by atoms with van der Waals surface area (Å²) in [5.41, 5.74) is -0.00705. The molecule has 146 valence electrons. The van der Waals surface area contributed by atoms with Gasteiger partial charge in [0.15, 0.2) is 0 Å². The fourth-order valence-electron chi connectivity index (χ4n) is 3.37. The summed E-state index contributed by atoms with van der Waals surface area (Å²) in [6.07, 6.45) is 1.99. The van der Waals surface area contributed by atoms with Gasteiger partial charge < -0.3 is 9.47 Å². The van der Waals surface area contributed by atoms with E-state index in [2.05, 4.69) is 0 Å². The topological polar surface area (TPSA) is 42.3 Å². The maximum atomic E-state index is 14.1. The molecule has 1 aliphatic rings. The summed E-state index contributed by atoms with van der Waals surface area (Å²) in [5, 5.41) is 3.29. The predicted octanol–water partition coefficient (Wildman–Crippen LogP) is 5.00. The number of alkyl halides is 1. The first-order chi connectivity index (χ1) is 13.3. The molecule has 2 aromatic heterocycles. The van der Waals surface area contributed by atoms with E-state index in [-0.39, 0.29) is 31.1 Å². The van der Waals surface area contributed by atoms with Crippen molar-refractivity contribution >= 4 is 50.5 Å². The highest BCUT2D eigenvalue weighted by Crippen LogP contribution is 2.35. The largest absolute Gasteiger partial charge is 0.335 e. The molecule has 3 aromatic rings. The van der Waals surface area contributed by atoms with Crippen molar-refractivity contribution < 1.29 is 9.18 Å². The van der Waals surface area contributed by atoms with Crippen LogP contribution in [0.4, 0.5) is 4.39 Å². The summed E-state index contributed by atoms with van der Waals surface area (Å²) in [6.45, 7) is 1.84. The zero-order valence-electron chi connectivity index (χ0n) is 15.0. The summed E-state index contributed by atoms with van der Waals surface area (Å²) in [4.78, 5) is 26.9. The highest BCUT2D eigenvalue weighted by atomic mass is 35.5. The molecule has 0 unspecified atom stereocenters. The Bertz CT molecular complexity index is 1130. The molecule has 0 spiro atoms. The first-order valence-corrected chi connectivity index (χ1v) is 10.5. The van der Waals surface area contributed by atoms with Crippen LogP contribution in [0.15, 0.2) is 40.6 Å². The van der Waals surface area contributed by atoms with E-state index in [1.54, 1.807) is 25.3 Å². The molecular weight excluding hydrogens is 422 g/mol. The fraction of sp³-hybridized carbons (Fsp3) is 0.300. The third kappa shape index (κ3) is 3.34. The molecule has 0 aliphatic carbocycles. The number of fused-ring (bicyclic) bond motifs is 1. The summed E-state index contributed by atoms with van der Waals surface area (Å²) in [5.74, 6) is -0.255. The number of amides is 1. The van der Waals surface area contributed by atoms with Crippen LogP contribution in [0.3, 0.4) is 0 Å². The van der Waals surface area contributed by atoms with Crippen molar-refractivity contribution in [3.05, 3.63) is 56.2 Å². The molecular formula is C20H17Cl2FN2O2S. The standard InChI is InChI=1S/C20H17Cl2FN2O2S/c1-2-20(23)10-25(11-20)17(26)8-24-6-5-16-18(19(24)27)13(9-28-16)12-3-4-14(21)15(22)7-12/h3-7,9H,2,8,10-11H2,1H3. The van der Waals surface area contributed by atoms with Gasteiger partial charge in [0, 0.05) is 21.8 Å². The first kappa shape index (κ1) is 19.4. The van der Waals surface area contributed by atoms with Crippen molar-refractivity contribution in [3.63, 3.8) is 0 Å². The van der Waals surface area contributed by atoms with Crippen LogP contribution in [0.1, 0.15) is 13.3 Å². The van der Waals surface area contributed by atoms with Crippen molar-refractivity contribution in [3.8, 4) is 11.1 Å². The van der Waals surface area contributed by atoms with Gasteiger partial charge in [0.25, 0.3) is 5.56 Å². The van der Waals surface area contributed by atoms with Crippen LogP contribution in [-0.4, -0.2) is 34.1 Å². The van der Waals surface area contributed by atoms with E-state index < -0.39 is 5.67 Å². The minimum absolute atomic E-state index is 0.0896. The molecule has 8 heteroatoms. The lowest BCUT2D eigenvalue weighted by Crippen LogP contribution is -2.61. The van der Waals surface area contributed by atoms with Crippen molar-refractivity contribution in [1.82, 2.24) is 9.47 Å². The monoisotopic (exact) mass is 438 g/mol. The number of thiophene rings is 1. The number of pyridine rings is 1. The Kier molecular flexibility index (Phi) is 4.98. The molecule has 1 amide bonds. The second-order valence-electron chi connectivity index (χ2n) is 7.02. The maximum Gasteiger partial charge on any atom is 0.260 e. The van der Waals surface area contributed by atoms with E-state index >= 15 is 0 Å². The molecule has 0 N–H and O–H groups in total. The Morgan fingerprint density at radius 3 is 2.68 bits per heavy atom. The van der Waals surface area contributed by atoms with Crippen molar-refractivity contribution in [2.75, 3.05) is 13.1 Å². The van der Waals surface area contributed by atoms with Gasteiger partial charge in [-0.25, -0.2) is 4.39 Å². The van der Waals surface area contributed by atoms with E-state index in [9.17, 15) is 14.0 Å². The minimum Gasteiger partial charge on any atom is -0.335 e. The zero-order valence-corrected chi connectivity index (χ0v) is 17.4. The fourth-order valence-corrected chi connectivity index (χ4v) is 4.62. The molecule has 1 fully saturated rings. The normalized spacial score (nSPS) is 15.6. The minimum atomic E-state index is -1.29. The lowest BCUT2D eigenvalue weighted by atomic mass is 9.93. The summed E-state index contributed by atoms with van der Waals surface area (Å²) in [6, 6.07) is 7.04. The van der Waals surface area contributed by atoms with Crippen molar-refractivity contribution in [1.29, 1.82) is 0 Å². The number of benzene rings is 1. The van der Waals surface area contributed by atoms with Gasteiger partial charge in [-0.1, -0.05) is 36.2 Å². The lowest BCUT2D eigenvalue weighted by Gasteiger charge is -2.44. The quantitative estimate of drug-likeness (QED) is 0.575. The highest BCUT2D eigenvalue weighted by molar-refractivity contribution is 7.17. The summed E-state index contributed by atoms with van der Waals surface area (Å²) in [7, 11) is 0. The molecule has 1 aromatic carbocycles. The number of hydrogen-bond acceptors (Lipinski definition) is 3. The zero-order chi connectivity index (χ0) is 20.1. The number of hydrogen-bond donors (Lipinski definition) is 0. The molecule has 4 rings (SSSR count). The molecule has 3 heterocycles. The van der Waals surface area contributed by atoms with E-state index in [1.807, 2.05) is 17.5 Å². The van der Waals surface area contributed by atoms with Gasteiger partial charge in [-0.15, -0.1) is 11.3 Å². The molecule has 0 atom stereocenters. The molecule has 1 aliphatic heterocycles. The Morgan fingerprint density at radius 2 is 2.00 bits per heavy atom. The highest BCUT2D eigenvalue weighted by Gasteiger charge is 2.44. The SMILES string of the molecule is CCC1(F)CN(C(=O)Cn2ccc3scc(-c4ccc(Cl)c(Cl)c4)c3c2=O)C1. The van der Waals surface area contributed by atoms with Crippen LogP contribution in [-0.2, 0) is 11.3 Å². The Hall–Kier alpha value is -1.89. The molecule has 0 bridgehead atoms. The van der Waals surface area contributed by atoms with Crippen LogP contribution in [0.5, 0.6) is 0 Å². The molecule has 0 radical (unpaired) electrons. The van der Waals surface area contributed by atoms with Crippen LogP contribution < -0.4 is 5.56 Å². The second kappa shape index (κ2) is 7.17. The number of aromatic nitrogens is 1. The van der Waals surface area contributed by atoms with Crippen LogP contribution in [0.25, 0.3) is 21.2 Å². The van der Waals surface area contributed by atoms with Gasteiger partial charge >= 0.3 is 0 Å². The number of likely N-dealkylation sites (tertiary alicyclic amines) is 1. The number of nitrogens with zero attached hydrogens (tertiary/aromatic N) is 2. The van der Waals surface area contributed by atoms with Gasteiger partial charge in [-0.3, -0.25) is 9.59 Å². The van der Waals surface area contributed by atoms with Crippen LogP contribution in [0, 0.1) is 0 Å². The van der Waals surface area contributed by atoms with E-state index in [0.29, 0.717) is 21.9 Å².